The van der Waals surface area contributed by atoms with Crippen molar-refractivity contribution in [1.82, 2.24) is 0 Å². The van der Waals surface area contributed by atoms with Crippen molar-refractivity contribution in [2.45, 2.75) is 6.04 Å². The van der Waals surface area contributed by atoms with E-state index >= 15 is 0 Å². The lowest BCUT2D eigenvalue weighted by atomic mass is 10.1. The van der Waals surface area contributed by atoms with Gasteiger partial charge in [-0.1, -0.05) is 0 Å². The lowest BCUT2D eigenvalue weighted by molar-refractivity contribution is 0.575. The lowest BCUT2D eigenvalue weighted by Crippen LogP contribution is -2.28. The van der Waals surface area contributed by atoms with Crippen LogP contribution < -0.4 is 10.6 Å². The van der Waals surface area contributed by atoms with Crippen LogP contribution >= 0.6 is 0 Å². The Labute approximate surface area is 97.4 Å². The molecule has 0 amide bonds. The molecule has 1 aliphatic carbocycles. The quantitative estimate of drug-likeness (QED) is 0.796. The number of nitrogens with zero attached hydrogens (tertiary/aromatic N) is 2. The van der Waals surface area contributed by atoms with E-state index in [0.29, 0.717) is 17.5 Å². The standard InChI is InChI=1S/C12H11F2N3/c13-10-1-6(2-11(14)7(10)3-15)17-4-8-9(5-17)12(8)16/h1-2,8-9,12H,4-5,16H2. The van der Waals surface area contributed by atoms with Crippen molar-refractivity contribution in [3.8, 4) is 6.07 Å². The van der Waals surface area contributed by atoms with Crippen LogP contribution in [-0.4, -0.2) is 19.1 Å². The Morgan fingerprint density at radius 1 is 1.24 bits per heavy atom. The first-order valence-electron chi connectivity index (χ1n) is 5.51. The molecule has 1 aromatic carbocycles. The van der Waals surface area contributed by atoms with Gasteiger partial charge in [-0.2, -0.15) is 5.26 Å². The predicted molar refractivity (Wildman–Crippen MR) is 58.2 cm³/mol. The molecule has 0 spiro atoms. The summed E-state index contributed by atoms with van der Waals surface area (Å²) < 4.78 is 26.9. The number of halogens is 2. The van der Waals surface area contributed by atoms with Crippen LogP contribution in [0.15, 0.2) is 12.1 Å². The Hall–Kier alpha value is -1.67. The fourth-order valence-corrected chi connectivity index (χ4v) is 2.63. The minimum absolute atomic E-state index is 0.249. The highest BCUT2D eigenvalue weighted by Gasteiger charge is 2.53. The van der Waals surface area contributed by atoms with Crippen molar-refractivity contribution in [2.24, 2.45) is 17.6 Å². The molecule has 1 saturated carbocycles. The molecule has 0 radical (unpaired) electrons. The summed E-state index contributed by atoms with van der Waals surface area (Å²) >= 11 is 0. The highest BCUT2D eigenvalue weighted by atomic mass is 19.1. The first-order chi connectivity index (χ1) is 8.11. The maximum absolute atomic E-state index is 13.4. The van der Waals surface area contributed by atoms with Crippen LogP contribution in [0.25, 0.3) is 0 Å². The molecule has 88 valence electrons. The fourth-order valence-electron chi connectivity index (χ4n) is 2.63. The third kappa shape index (κ3) is 1.48. The van der Waals surface area contributed by atoms with Crippen molar-refractivity contribution >= 4 is 5.69 Å². The Morgan fingerprint density at radius 3 is 2.24 bits per heavy atom. The molecule has 1 aliphatic heterocycles. The Morgan fingerprint density at radius 2 is 1.76 bits per heavy atom. The SMILES string of the molecule is N#Cc1c(F)cc(N2CC3C(N)C3C2)cc1F. The van der Waals surface area contributed by atoms with Crippen molar-refractivity contribution < 1.29 is 8.78 Å². The molecule has 1 saturated heterocycles. The van der Waals surface area contributed by atoms with E-state index in [9.17, 15) is 8.78 Å². The molecule has 2 aliphatic rings. The highest BCUT2D eigenvalue weighted by Crippen LogP contribution is 2.45. The molecular weight excluding hydrogens is 224 g/mol. The number of hydrogen-bond donors (Lipinski definition) is 1. The van der Waals surface area contributed by atoms with Gasteiger partial charge in [-0.05, 0) is 24.0 Å². The molecule has 3 nitrogen and oxygen atoms in total. The van der Waals surface area contributed by atoms with Gasteiger partial charge in [0.15, 0.2) is 0 Å². The minimum Gasteiger partial charge on any atom is -0.371 e. The average Bonchev–Trinajstić information content (AvgIpc) is 2.76. The average molecular weight is 235 g/mol. The summed E-state index contributed by atoms with van der Waals surface area (Å²) in [6, 6.07) is 4.21. The zero-order valence-electron chi connectivity index (χ0n) is 9.03. The number of fused-ring (bicyclic) bond motifs is 1. The molecule has 2 unspecified atom stereocenters. The second-order valence-electron chi connectivity index (χ2n) is 4.71. The van der Waals surface area contributed by atoms with E-state index in [0.717, 1.165) is 13.1 Å². The van der Waals surface area contributed by atoms with Crippen molar-refractivity contribution in [1.29, 1.82) is 5.26 Å². The van der Waals surface area contributed by atoms with Crippen LogP contribution in [0.4, 0.5) is 14.5 Å². The molecular formula is C12H11F2N3. The zero-order valence-corrected chi connectivity index (χ0v) is 9.03. The minimum atomic E-state index is -0.799. The zero-order chi connectivity index (χ0) is 12.2. The molecule has 17 heavy (non-hydrogen) atoms. The number of rotatable bonds is 1. The fraction of sp³-hybridized carbons (Fsp3) is 0.417. The van der Waals surface area contributed by atoms with Gasteiger partial charge in [0.2, 0.25) is 0 Å². The summed E-state index contributed by atoms with van der Waals surface area (Å²) in [4.78, 5) is 1.92. The van der Waals surface area contributed by atoms with Crippen LogP contribution in [0.3, 0.4) is 0 Å². The van der Waals surface area contributed by atoms with Gasteiger partial charge in [0.05, 0.1) is 0 Å². The number of hydrogen-bond acceptors (Lipinski definition) is 3. The molecule has 2 N–H and O–H groups in total. The smallest absolute Gasteiger partial charge is 0.146 e. The molecule has 1 aromatic rings. The van der Waals surface area contributed by atoms with Gasteiger partial charge in [0.1, 0.15) is 23.3 Å². The number of anilines is 1. The summed E-state index contributed by atoms with van der Waals surface area (Å²) in [5.74, 6) is -0.687. The molecule has 1 heterocycles. The van der Waals surface area contributed by atoms with Gasteiger partial charge in [0, 0.05) is 24.8 Å². The number of nitriles is 1. The van der Waals surface area contributed by atoms with Gasteiger partial charge >= 0.3 is 0 Å². The highest BCUT2D eigenvalue weighted by molar-refractivity contribution is 5.53. The summed E-state index contributed by atoms with van der Waals surface area (Å²) in [6.45, 7) is 1.49. The Kier molecular flexibility index (Phi) is 2.10. The first kappa shape index (κ1) is 10.5. The molecule has 2 atom stereocenters. The monoisotopic (exact) mass is 235 g/mol. The largest absolute Gasteiger partial charge is 0.371 e. The van der Waals surface area contributed by atoms with Crippen molar-refractivity contribution in [3.63, 3.8) is 0 Å². The van der Waals surface area contributed by atoms with E-state index in [2.05, 4.69) is 0 Å². The van der Waals surface area contributed by atoms with Crippen molar-refractivity contribution in [2.75, 3.05) is 18.0 Å². The molecule has 0 bridgehead atoms. The summed E-state index contributed by atoms with van der Waals surface area (Å²) in [7, 11) is 0. The van der Waals surface area contributed by atoms with Gasteiger partial charge in [-0.3, -0.25) is 0 Å². The van der Waals surface area contributed by atoms with Crippen LogP contribution in [0.2, 0.25) is 0 Å². The maximum atomic E-state index is 13.4. The van der Waals surface area contributed by atoms with Gasteiger partial charge < -0.3 is 10.6 Å². The van der Waals surface area contributed by atoms with Crippen molar-refractivity contribution in [3.05, 3.63) is 29.3 Å². The molecule has 5 heteroatoms. The normalized spacial score (nSPS) is 30.0. The maximum Gasteiger partial charge on any atom is 0.146 e. The van der Waals surface area contributed by atoms with Crippen LogP contribution in [-0.2, 0) is 0 Å². The summed E-state index contributed by atoms with van der Waals surface area (Å²) in [5.41, 5.74) is 5.78. The lowest BCUT2D eigenvalue weighted by Gasteiger charge is -2.21. The predicted octanol–water partition coefficient (Wildman–Crippen LogP) is 1.23. The van der Waals surface area contributed by atoms with E-state index in [-0.39, 0.29) is 6.04 Å². The first-order valence-corrected chi connectivity index (χ1v) is 5.51. The second kappa shape index (κ2) is 3.41. The Balaban J connectivity index is 1.88. The molecule has 3 rings (SSSR count). The summed E-state index contributed by atoms with van der Waals surface area (Å²) in [5, 5.41) is 8.58. The number of nitrogens with two attached hydrogens (primary N) is 1. The molecule has 2 fully saturated rings. The van der Waals surface area contributed by atoms with Crippen LogP contribution in [0.1, 0.15) is 5.56 Å². The third-order valence-electron chi connectivity index (χ3n) is 3.76. The van der Waals surface area contributed by atoms with E-state index in [1.165, 1.54) is 18.2 Å². The van der Waals surface area contributed by atoms with E-state index < -0.39 is 17.2 Å². The van der Waals surface area contributed by atoms with Gasteiger partial charge in [0.25, 0.3) is 0 Å². The topological polar surface area (TPSA) is 53.0 Å². The van der Waals surface area contributed by atoms with E-state index in [1.54, 1.807) is 0 Å². The number of benzene rings is 1. The van der Waals surface area contributed by atoms with Gasteiger partial charge in [-0.15, -0.1) is 0 Å². The third-order valence-corrected chi connectivity index (χ3v) is 3.76. The summed E-state index contributed by atoms with van der Waals surface area (Å²) in [6.07, 6.45) is 0. The van der Waals surface area contributed by atoms with E-state index in [4.69, 9.17) is 11.0 Å². The number of piperidine rings is 1. The van der Waals surface area contributed by atoms with E-state index in [1.807, 2.05) is 4.90 Å². The van der Waals surface area contributed by atoms with Gasteiger partial charge in [-0.25, -0.2) is 8.78 Å². The van der Waals surface area contributed by atoms with Crippen LogP contribution in [0, 0.1) is 34.8 Å². The second-order valence-corrected chi connectivity index (χ2v) is 4.71. The van der Waals surface area contributed by atoms with Crippen LogP contribution in [0.5, 0.6) is 0 Å². The molecule has 0 aromatic heterocycles. The Bertz CT molecular complexity index is 488.